The minimum Gasteiger partial charge on any atom is -0.495 e. The van der Waals surface area contributed by atoms with E-state index in [1.54, 1.807) is 12.1 Å². The van der Waals surface area contributed by atoms with Crippen LogP contribution in [0.3, 0.4) is 0 Å². The van der Waals surface area contributed by atoms with Gasteiger partial charge in [0.05, 0.1) is 7.11 Å². The molecule has 0 fully saturated rings. The third-order valence-electron chi connectivity index (χ3n) is 1.95. The summed E-state index contributed by atoms with van der Waals surface area (Å²) >= 11 is 5.68. The molecular weight excluding hydrogens is 250 g/mol. The first-order valence-electron chi connectivity index (χ1n) is 4.38. The number of hydrogen-bond acceptors (Lipinski definition) is 3. The van der Waals surface area contributed by atoms with Gasteiger partial charge in [-0.2, -0.15) is 0 Å². The highest BCUT2D eigenvalue weighted by Crippen LogP contribution is 2.29. The van der Waals surface area contributed by atoms with Crippen molar-refractivity contribution >= 4 is 21.6 Å². The second-order valence-electron chi connectivity index (χ2n) is 3.19. The van der Waals surface area contributed by atoms with Gasteiger partial charge in [0, 0.05) is 17.0 Å². The zero-order chi connectivity index (χ0) is 12.3. The first-order valence-corrected chi connectivity index (χ1v) is 6.30. The Hall–Kier alpha value is -1.04. The van der Waals surface area contributed by atoms with Crippen LogP contribution < -0.4 is 9.88 Å². The largest absolute Gasteiger partial charge is 0.495 e. The third kappa shape index (κ3) is 2.98. The summed E-state index contributed by atoms with van der Waals surface area (Å²) in [6.07, 6.45) is 0.327. The molecule has 0 aliphatic carbocycles. The Labute approximate surface area is 99.7 Å². The minimum atomic E-state index is -3.80. The van der Waals surface area contributed by atoms with Crippen LogP contribution in [0.15, 0.2) is 34.7 Å². The molecule has 0 saturated carbocycles. The summed E-state index contributed by atoms with van der Waals surface area (Å²) in [6.45, 7) is 3.55. The minimum absolute atomic E-state index is 0.0505. The molecule has 1 rings (SSSR count). The van der Waals surface area contributed by atoms with E-state index in [-0.39, 0.29) is 10.6 Å². The third-order valence-corrected chi connectivity index (χ3v) is 3.02. The highest BCUT2D eigenvalue weighted by Gasteiger charge is 2.17. The molecule has 16 heavy (non-hydrogen) atoms. The number of benzene rings is 1. The van der Waals surface area contributed by atoms with Crippen molar-refractivity contribution in [3.63, 3.8) is 0 Å². The predicted octanol–water partition coefficient (Wildman–Crippen LogP) is 1.64. The van der Waals surface area contributed by atoms with Gasteiger partial charge in [-0.15, -0.1) is 0 Å². The van der Waals surface area contributed by atoms with Crippen molar-refractivity contribution in [3.8, 4) is 5.75 Å². The number of rotatable bonds is 4. The molecule has 88 valence electrons. The van der Waals surface area contributed by atoms with Crippen LogP contribution in [0.25, 0.3) is 0 Å². The van der Waals surface area contributed by atoms with Crippen molar-refractivity contribution in [2.24, 2.45) is 5.14 Å². The Bertz CT molecular complexity index is 511. The van der Waals surface area contributed by atoms with Gasteiger partial charge >= 0.3 is 0 Å². The Morgan fingerprint density at radius 1 is 1.56 bits per heavy atom. The summed E-state index contributed by atoms with van der Waals surface area (Å²) in [7, 11) is -2.42. The van der Waals surface area contributed by atoms with Crippen LogP contribution in [-0.4, -0.2) is 15.5 Å². The smallest absolute Gasteiger partial charge is 0.241 e. The van der Waals surface area contributed by atoms with Crippen LogP contribution in [0.2, 0.25) is 0 Å². The fourth-order valence-electron chi connectivity index (χ4n) is 1.36. The number of sulfonamides is 1. The van der Waals surface area contributed by atoms with Gasteiger partial charge < -0.3 is 4.74 Å². The number of hydrogen-bond donors (Lipinski definition) is 1. The van der Waals surface area contributed by atoms with Crippen LogP contribution in [0, 0.1) is 0 Å². The van der Waals surface area contributed by atoms with Gasteiger partial charge in [0.15, 0.2) is 0 Å². The normalized spacial score (nSPS) is 11.2. The van der Waals surface area contributed by atoms with E-state index in [4.69, 9.17) is 21.5 Å². The Balaban J connectivity index is 3.38. The van der Waals surface area contributed by atoms with Crippen molar-refractivity contribution in [1.82, 2.24) is 0 Å². The Morgan fingerprint density at radius 3 is 2.62 bits per heavy atom. The van der Waals surface area contributed by atoms with E-state index in [2.05, 4.69) is 6.58 Å². The van der Waals surface area contributed by atoms with Crippen molar-refractivity contribution in [2.45, 2.75) is 11.3 Å². The highest BCUT2D eigenvalue weighted by molar-refractivity contribution is 7.89. The molecule has 0 heterocycles. The quantitative estimate of drug-likeness (QED) is 0.896. The van der Waals surface area contributed by atoms with E-state index in [0.29, 0.717) is 17.0 Å². The van der Waals surface area contributed by atoms with Crippen LogP contribution in [0.5, 0.6) is 5.75 Å². The molecule has 0 amide bonds. The lowest BCUT2D eigenvalue weighted by molar-refractivity contribution is 0.398. The van der Waals surface area contributed by atoms with Crippen LogP contribution in [-0.2, 0) is 16.4 Å². The average Bonchev–Trinajstić information content (AvgIpc) is 2.15. The van der Waals surface area contributed by atoms with Crippen molar-refractivity contribution in [2.75, 3.05) is 7.11 Å². The van der Waals surface area contributed by atoms with E-state index in [0.717, 1.165) is 0 Å². The lowest BCUT2D eigenvalue weighted by Crippen LogP contribution is -2.14. The first-order chi connectivity index (χ1) is 7.36. The molecule has 0 unspecified atom stereocenters. The molecule has 0 aliphatic rings. The monoisotopic (exact) mass is 261 g/mol. The number of allylic oxidation sites excluding steroid dienone is 1. The number of ether oxygens (including phenoxy) is 1. The molecule has 0 aliphatic heterocycles. The number of nitrogens with two attached hydrogens (primary N) is 1. The van der Waals surface area contributed by atoms with E-state index in [1.807, 2.05) is 0 Å². The zero-order valence-corrected chi connectivity index (χ0v) is 10.3. The van der Waals surface area contributed by atoms with Gasteiger partial charge in [-0.1, -0.05) is 30.3 Å². The summed E-state index contributed by atoms with van der Waals surface area (Å²) in [6, 6.07) is 4.67. The maximum atomic E-state index is 11.3. The number of halogens is 1. The summed E-state index contributed by atoms with van der Waals surface area (Å²) in [5.74, 6) is 0.215. The molecule has 0 atom stereocenters. The van der Waals surface area contributed by atoms with Gasteiger partial charge in [-0.3, -0.25) is 0 Å². The van der Waals surface area contributed by atoms with Crippen molar-refractivity contribution in [3.05, 3.63) is 35.4 Å². The fraction of sp³-hybridized carbons (Fsp3) is 0.200. The highest BCUT2D eigenvalue weighted by atomic mass is 35.5. The number of methoxy groups -OCH3 is 1. The fourth-order valence-corrected chi connectivity index (χ4v) is 2.25. The summed E-state index contributed by atoms with van der Waals surface area (Å²) in [4.78, 5) is -0.0505. The lowest BCUT2D eigenvalue weighted by atomic mass is 10.1. The molecule has 0 aromatic heterocycles. The van der Waals surface area contributed by atoms with Crippen LogP contribution in [0.4, 0.5) is 0 Å². The predicted molar refractivity (Wildman–Crippen MR) is 63.1 cm³/mol. The first kappa shape index (κ1) is 13.0. The zero-order valence-electron chi connectivity index (χ0n) is 8.73. The molecule has 6 heteroatoms. The molecule has 0 radical (unpaired) electrons. The van der Waals surface area contributed by atoms with E-state index in [1.165, 1.54) is 13.2 Å². The van der Waals surface area contributed by atoms with E-state index in [9.17, 15) is 8.42 Å². The summed E-state index contributed by atoms with van der Waals surface area (Å²) in [5, 5.41) is 5.46. The molecule has 0 saturated heterocycles. The van der Waals surface area contributed by atoms with Crippen molar-refractivity contribution < 1.29 is 13.2 Å². The number of primary sulfonamides is 1. The maximum absolute atomic E-state index is 11.3. The molecule has 0 spiro atoms. The number of para-hydroxylation sites is 1. The maximum Gasteiger partial charge on any atom is 0.241 e. The average molecular weight is 262 g/mol. The Morgan fingerprint density at radius 2 is 2.19 bits per heavy atom. The van der Waals surface area contributed by atoms with Crippen LogP contribution in [0.1, 0.15) is 5.56 Å². The van der Waals surface area contributed by atoms with Crippen LogP contribution >= 0.6 is 11.6 Å². The molecule has 0 bridgehead atoms. The SMILES string of the molecule is C=C(Cl)Cc1cccc(S(N)(=O)=O)c1OC. The molecule has 2 N–H and O–H groups in total. The second kappa shape index (κ2) is 4.86. The molecule has 4 nitrogen and oxygen atoms in total. The topological polar surface area (TPSA) is 69.4 Å². The van der Waals surface area contributed by atoms with Gasteiger partial charge in [-0.05, 0) is 6.07 Å². The van der Waals surface area contributed by atoms with Gasteiger partial charge in [0.2, 0.25) is 10.0 Å². The standard InChI is InChI=1S/C10H12ClNO3S/c1-7(11)6-8-4-3-5-9(10(8)15-2)16(12,13)14/h3-5H,1,6H2,2H3,(H2,12,13,14). The lowest BCUT2D eigenvalue weighted by Gasteiger charge is -2.11. The second-order valence-corrected chi connectivity index (χ2v) is 5.25. The summed E-state index contributed by atoms with van der Waals surface area (Å²) < 4.78 is 27.6. The van der Waals surface area contributed by atoms with Gasteiger partial charge in [-0.25, -0.2) is 13.6 Å². The summed E-state index contributed by atoms with van der Waals surface area (Å²) in [5.41, 5.74) is 0.633. The van der Waals surface area contributed by atoms with Crippen molar-refractivity contribution in [1.29, 1.82) is 0 Å². The Kier molecular flexibility index (Phi) is 3.96. The van der Waals surface area contributed by atoms with E-state index >= 15 is 0 Å². The molecule has 1 aromatic carbocycles. The van der Waals surface area contributed by atoms with E-state index < -0.39 is 10.0 Å². The van der Waals surface area contributed by atoms with Gasteiger partial charge in [0.25, 0.3) is 0 Å². The van der Waals surface area contributed by atoms with Gasteiger partial charge in [0.1, 0.15) is 10.6 Å². The molecular formula is C10H12ClNO3S. The molecule has 1 aromatic rings.